The van der Waals surface area contributed by atoms with E-state index in [0.29, 0.717) is 5.88 Å². The average Bonchev–Trinajstić information content (AvgIpc) is 2.95. The molecule has 0 spiro atoms. The van der Waals surface area contributed by atoms with Crippen molar-refractivity contribution in [1.82, 2.24) is 13.6 Å². The summed E-state index contributed by atoms with van der Waals surface area (Å²) in [5, 5.41) is 14.8. The number of nitrogens with zero attached hydrogens (tertiary/aromatic N) is 3. The van der Waals surface area contributed by atoms with Crippen LogP contribution in [0.2, 0.25) is 0 Å². The van der Waals surface area contributed by atoms with Crippen molar-refractivity contribution >= 4 is 29.2 Å². The first-order valence-electron chi connectivity index (χ1n) is 6.71. The van der Waals surface area contributed by atoms with Crippen LogP contribution in [0, 0.1) is 0 Å². The Labute approximate surface area is 137 Å². The summed E-state index contributed by atoms with van der Waals surface area (Å²) in [6.07, 6.45) is 2.95. The van der Waals surface area contributed by atoms with Crippen molar-refractivity contribution in [1.29, 1.82) is 0 Å². The third-order valence-corrected chi connectivity index (χ3v) is 3.41. The number of aromatic nitrogens is 2. The summed E-state index contributed by atoms with van der Waals surface area (Å²) >= 11 is 1.17. The molecule has 1 aliphatic rings. The smallest absolute Gasteiger partial charge is 0.414 e. The fourth-order valence-corrected chi connectivity index (χ4v) is 2.25. The SMILES string of the molecule is COC(C)Oc1nsnc1C1=CCCN(C)C1.O=C(O)C(=O)O. The third-order valence-electron chi connectivity index (χ3n) is 2.90. The molecule has 1 aromatic rings. The molecule has 1 aliphatic heterocycles. The van der Waals surface area contributed by atoms with Crippen LogP contribution in [-0.4, -0.2) is 69.3 Å². The van der Waals surface area contributed by atoms with Gasteiger partial charge in [-0.25, -0.2) is 9.59 Å². The largest absolute Gasteiger partial charge is 0.473 e. The Balaban J connectivity index is 0.000000379. The van der Waals surface area contributed by atoms with E-state index < -0.39 is 11.9 Å². The molecule has 0 amide bonds. The number of ether oxygens (including phenoxy) is 2. The Bertz CT molecular complexity index is 562. The predicted octanol–water partition coefficient (Wildman–Crippen LogP) is 0.784. The highest BCUT2D eigenvalue weighted by molar-refractivity contribution is 6.99. The molecule has 0 saturated carbocycles. The lowest BCUT2D eigenvalue weighted by molar-refractivity contribution is -0.159. The quantitative estimate of drug-likeness (QED) is 0.602. The van der Waals surface area contributed by atoms with Crippen LogP contribution in [0.1, 0.15) is 19.0 Å². The lowest BCUT2D eigenvalue weighted by Crippen LogP contribution is -2.25. The molecule has 128 valence electrons. The Morgan fingerprint density at radius 2 is 2.00 bits per heavy atom. The van der Waals surface area contributed by atoms with Crippen LogP contribution in [0.4, 0.5) is 0 Å². The number of likely N-dealkylation sites (N-methyl/N-ethyl adjacent to an activating group) is 1. The van der Waals surface area contributed by atoms with E-state index in [2.05, 4.69) is 26.8 Å². The standard InChI is InChI=1S/C11H17N3O2S.C2H2O4/c1-8(15-3)16-11-10(12-17-13-11)9-5-4-6-14(2)7-9;3-1(4)2(5)6/h5,8H,4,6-7H2,1-3H3;(H,3,4)(H,5,6). The van der Waals surface area contributed by atoms with Gasteiger partial charge in [0.05, 0.1) is 11.7 Å². The zero-order valence-corrected chi connectivity index (χ0v) is 13.9. The van der Waals surface area contributed by atoms with Crippen molar-refractivity contribution < 1.29 is 29.3 Å². The van der Waals surface area contributed by atoms with E-state index in [1.165, 1.54) is 17.3 Å². The van der Waals surface area contributed by atoms with Crippen LogP contribution in [0.5, 0.6) is 5.88 Å². The third kappa shape index (κ3) is 6.30. The van der Waals surface area contributed by atoms with Gasteiger partial charge in [-0.05, 0) is 26.0 Å². The summed E-state index contributed by atoms with van der Waals surface area (Å²) in [5.74, 6) is -3.07. The maximum Gasteiger partial charge on any atom is 0.414 e. The molecule has 2 rings (SSSR count). The first kappa shape index (κ1) is 19.0. The van der Waals surface area contributed by atoms with E-state index in [0.717, 1.165) is 25.2 Å². The lowest BCUT2D eigenvalue weighted by atomic mass is 10.1. The minimum atomic E-state index is -1.82. The summed E-state index contributed by atoms with van der Waals surface area (Å²) in [6.45, 7) is 3.82. The highest BCUT2D eigenvalue weighted by atomic mass is 32.1. The fourth-order valence-electron chi connectivity index (χ4n) is 1.72. The molecule has 0 saturated heterocycles. The van der Waals surface area contributed by atoms with Gasteiger partial charge in [0.25, 0.3) is 5.88 Å². The molecular weight excluding hydrogens is 326 g/mol. The summed E-state index contributed by atoms with van der Waals surface area (Å²) in [6, 6.07) is 0. The van der Waals surface area contributed by atoms with Crippen LogP contribution < -0.4 is 4.74 Å². The normalized spacial score (nSPS) is 15.9. The first-order chi connectivity index (χ1) is 10.8. The molecule has 1 atom stereocenters. The van der Waals surface area contributed by atoms with Crippen molar-refractivity contribution in [3.63, 3.8) is 0 Å². The van der Waals surface area contributed by atoms with Gasteiger partial charge < -0.3 is 24.6 Å². The van der Waals surface area contributed by atoms with E-state index in [1.54, 1.807) is 7.11 Å². The van der Waals surface area contributed by atoms with Gasteiger partial charge in [-0.1, -0.05) is 6.08 Å². The molecule has 0 aromatic carbocycles. The Kier molecular flexibility index (Phi) is 7.59. The van der Waals surface area contributed by atoms with Crippen molar-refractivity contribution in [2.45, 2.75) is 19.6 Å². The van der Waals surface area contributed by atoms with Crippen LogP contribution in [-0.2, 0) is 14.3 Å². The Morgan fingerprint density at radius 1 is 1.35 bits per heavy atom. The predicted molar refractivity (Wildman–Crippen MR) is 82.4 cm³/mol. The number of rotatable bonds is 4. The first-order valence-corrected chi connectivity index (χ1v) is 7.44. The Morgan fingerprint density at radius 3 is 2.52 bits per heavy atom. The molecule has 0 bridgehead atoms. The molecular formula is C13H19N3O6S. The maximum absolute atomic E-state index is 9.10. The monoisotopic (exact) mass is 345 g/mol. The Hall–Kier alpha value is -2.04. The van der Waals surface area contributed by atoms with E-state index >= 15 is 0 Å². The number of hydrogen-bond acceptors (Lipinski definition) is 8. The molecule has 9 nitrogen and oxygen atoms in total. The summed E-state index contributed by atoms with van der Waals surface area (Å²) in [7, 11) is 3.71. The zero-order chi connectivity index (χ0) is 17.4. The van der Waals surface area contributed by atoms with Gasteiger partial charge in [0.15, 0.2) is 6.29 Å². The van der Waals surface area contributed by atoms with E-state index in [1.807, 2.05) is 6.92 Å². The average molecular weight is 345 g/mol. The number of carboxylic acid groups (broad SMARTS) is 2. The van der Waals surface area contributed by atoms with E-state index in [-0.39, 0.29) is 6.29 Å². The van der Waals surface area contributed by atoms with Gasteiger partial charge >= 0.3 is 11.9 Å². The van der Waals surface area contributed by atoms with Crippen LogP contribution in [0.15, 0.2) is 6.08 Å². The van der Waals surface area contributed by atoms with Crippen molar-refractivity contribution in [3.05, 3.63) is 11.8 Å². The molecule has 2 heterocycles. The molecule has 10 heteroatoms. The number of methoxy groups -OCH3 is 1. The number of hydrogen-bond donors (Lipinski definition) is 2. The zero-order valence-electron chi connectivity index (χ0n) is 13.1. The fraction of sp³-hybridized carbons (Fsp3) is 0.538. The molecule has 1 unspecified atom stereocenters. The molecule has 1 aromatic heterocycles. The molecule has 23 heavy (non-hydrogen) atoms. The molecule has 0 aliphatic carbocycles. The topological polar surface area (TPSA) is 122 Å². The second kappa shape index (κ2) is 9.18. The number of carbonyl (C=O) groups is 2. The highest BCUT2D eigenvalue weighted by Gasteiger charge is 2.19. The molecule has 0 radical (unpaired) electrons. The molecule has 0 fully saturated rings. The van der Waals surface area contributed by atoms with E-state index in [9.17, 15) is 0 Å². The van der Waals surface area contributed by atoms with Crippen molar-refractivity contribution in [2.75, 3.05) is 27.2 Å². The van der Waals surface area contributed by atoms with Crippen LogP contribution >= 0.6 is 11.7 Å². The van der Waals surface area contributed by atoms with Gasteiger partial charge in [-0.3, -0.25) is 0 Å². The lowest BCUT2D eigenvalue weighted by Gasteiger charge is -2.22. The van der Waals surface area contributed by atoms with Crippen LogP contribution in [0.3, 0.4) is 0 Å². The minimum Gasteiger partial charge on any atom is -0.473 e. The summed E-state index contributed by atoms with van der Waals surface area (Å²) < 4.78 is 19.1. The summed E-state index contributed by atoms with van der Waals surface area (Å²) in [4.78, 5) is 20.5. The number of carboxylic acids is 2. The van der Waals surface area contributed by atoms with Gasteiger partial charge in [-0.15, -0.1) is 4.37 Å². The minimum absolute atomic E-state index is 0.306. The van der Waals surface area contributed by atoms with Crippen molar-refractivity contribution in [3.8, 4) is 5.88 Å². The highest BCUT2D eigenvalue weighted by Crippen LogP contribution is 2.27. The van der Waals surface area contributed by atoms with Crippen LogP contribution in [0.25, 0.3) is 5.57 Å². The van der Waals surface area contributed by atoms with E-state index in [4.69, 9.17) is 29.3 Å². The second-order valence-electron chi connectivity index (χ2n) is 4.71. The molecule has 2 N–H and O–H groups in total. The van der Waals surface area contributed by atoms with Gasteiger partial charge in [0.1, 0.15) is 5.69 Å². The second-order valence-corrected chi connectivity index (χ2v) is 5.23. The van der Waals surface area contributed by atoms with Gasteiger partial charge in [0.2, 0.25) is 0 Å². The number of aliphatic carboxylic acids is 2. The van der Waals surface area contributed by atoms with Crippen molar-refractivity contribution in [2.24, 2.45) is 0 Å². The van der Waals surface area contributed by atoms with Gasteiger partial charge in [-0.2, -0.15) is 4.37 Å². The maximum atomic E-state index is 9.10. The van der Waals surface area contributed by atoms with Gasteiger partial charge in [0, 0.05) is 20.2 Å². The summed E-state index contributed by atoms with van der Waals surface area (Å²) in [5.41, 5.74) is 2.04.